The van der Waals surface area contributed by atoms with Crippen LogP contribution in [0.4, 0.5) is 5.69 Å². The Balaban J connectivity index is 3.06. The van der Waals surface area contributed by atoms with Crippen molar-refractivity contribution in [2.45, 2.75) is 39.5 Å². The molecule has 1 heteroatoms. The maximum absolute atomic E-state index is 5.69. The van der Waals surface area contributed by atoms with E-state index in [-0.39, 0.29) is 5.41 Å². The molecule has 1 aromatic carbocycles. The maximum atomic E-state index is 5.69. The van der Waals surface area contributed by atoms with Gasteiger partial charge in [-0.15, -0.1) is 0 Å². The van der Waals surface area contributed by atoms with Crippen molar-refractivity contribution in [1.82, 2.24) is 0 Å². The van der Waals surface area contributed by atoms with Crippen LogP contribution in [0.15, 0.2) is 24.3 Å². The first-order chi connectivity index (χ1) is 6.50. The number of rotatable bonds is 3. The molecule has 0 aliphatic carbocycles. The zero-order chi connectivity index (χ0) is 10.8. The summed E-state index contributed by atoms with van der Waals surface area (Å²) >= 11 is 0. The van der Waals surface area contributed by atoms with Crippen molar-refractivity contribution in [3.63, 3.8) is 0 Å². The van der Waals surface area contributed by atoms with E-state index in [4.69, 9.17) is 5.73 Å². The van der Waals surface area contributed by atoms with Crippen LogP contribution >= 0.6 is 0 Å². The molecule has 0 heterocycles. The van der Waals surface area contributed by atoms with Gasteiger partial charge in [0.15, 0.2) is 0 Å². The lowest BCUT2D eigenvalue weighted by Crippen LogP contribution is -2.27. The van der Waals surface area contributed by atoms with Crippen molar-refractivity contribution in [3.8, 4) is 0 Å². The molecule has 14 heavy (non-hydrogen) atoms. The number of benzene rings is 1. The van der Waals surface area contributed by atoms with E-state index in [1.807, 2.05) is 12.1 Å². The van der Waals surface area contributed by atoms with Gasteiger partial charge in [0, 0.05) is 5.69 Å². The van der Waals surface area contributed by atoms with Gasteiger partial charge in [0.25, 0.3) is 0 Å². The zero-order valence-electron chi connectivity index (χ0n) is 9.67. The molecule has 0 fully saturated rings. The summed E-state index contributed by atoms with van der Waals surface area (Å²) in [6, 6.07) is 8.29. The molecule has 0 saturated carbocycles. The Kier molecular flexibility index (Phi) is 3.20. The van der Waals surface area contributed by atoms with E-state index >= 15 is 0 Å². The molecule has 2 N–H and O–H groups in total. The SMILES string of the molecule is CCC(C)(c1ccc(N)cc1)C(C)C. The summed E-state index contributed by atoms with van der Waals surface area (Å²) in [4.78, 5) is 0. The number of hydrogen-bond donors (Lipinski definition) is 1. The van der Waals surface area contributed by atoms with E-state index in [9.17, 15) is 0 Å². The molecule has 0 radical (unpaired) electrons. The predicted octanol–water partition coefficient (Wildman–Crippen LogP) is 3.59. The van der Waals surface area contributed by atoms with Crippen LogP contribution in [-0.2, 0) is 5.41 Å². The van der Waals surface area contributed by atoms with E-state index in [1.165, 1.54) is 5.56 Å². The van der Waals surface area contributed by atoms with E-state index < -0.39 is 0 Å². The standard InChI is InChI=1S/C13H21N/c1-5-13(4,10(2)3)11-6-8-12(14)9-7-11/h6-10H,5,14H2,1-4H3. The van der Waals surface area contributed by atoms with Crippen LogP contribution in [0.25, 0.3) is 0 Å². The molecular formula is C13H21N. The molecule has 0 aliphatic heterocycles. The highest BCUT2D eigenvalue weighted by Gasteiger charge is 2.27. The highest BCUT2D eigenvalue weighted by molar-refractivity contribution is 5.41. The maximum Gasteiger partial charge on any atom is 0.0314 e. The van der Waals surface area contributed by atoms with Gasteiger partial charge in [-0.3, -0.25) is 0 Å². The van der Waals surface area contributed by atoms with Crippen molar-refractivity contribution in [3.05, 3.63) is 29.8 Å². The predicted molar refractivity (Wildman–Crippen MR) is 63.3 cm³/mol. The van der Waals surface area contributed by atoms with Gasteiger partial charge in [0.2, 0.25) is 0 Å². The summed E-state index contributed by atoms with van der Waals surface area (Å²) in [6.45, 7) is 9.12. The Morgan fingerprint density at radius 1 is 1.21 bits per heavy atom. The fourth-order valence-corrected chi connectivity index (χ4v) is 1.81. The first-order valence-electron chi connectivity index (χ1n) is 5.36. The Bertz CT molecular complexity index is 287. The van der Waals surface area contributed by atoms with Crippen molar-refractivity contribution < 1.29 is 0 Å². The van der Waals surface area contributed by atoms with Crippen LogP contribution in [0.3, 0.4) is 0 Å². The summed E-state index contributed by atoms with van der Waals surface area (Å²) in [5.41, 5.74) is 8.20. The van der Waals surface area contributed by atoms with Crippen LogP contribution in [0, 0.1) is 5.92 Å². The van der Waals surface area contributed by atoms with E-state index in [2.05, 4.69) is 39.8 Å². The first kappa shape index (κ1) is 11.1. The van der Waals surface area contributed by atoms with Gasteiger partial charge in [-0.2, -0.15) is 0 Å². The molecule has 0 saturated heterocycles. The molecule has 1 nitrogen and oxygen atoms in total. The first-order valence-corrected chi connectivity index (χ1v) is 5.36. The smallest absolute Gasteiger partial charge is 0.0314 e. The summed E-state index contributed by atoms with van der Waals surface area (Å²) in [5, 5.41) is 0. The zero-order valence-corrected chi connectivity index (χ0v) is 9.67. The Morgan fingerprint density at radius 2 is 1.71 bits per heavy atom. The van der Waals surface area contributed by atoms with E-state index in [0.29, 0.717) is 5.92 Å². The molecular weight excluding hydrogens is 170 g/mol. The molecule has 0 bridgehead atoms. The molecule has 1 unspecified atom stereocenters. The second-order valence-electron chi connectivity index (χ2n) is 4.55. The van der Waals surface area contributed by atoms with Gasteiger partial charge in [0.05, 0.1) is 0 Å². The second-order valence-corrected chi connectivity index (χ2v) is 4.55. The van der Waals surface area contributed by atoms with Gasteiger partial charge < -0.3 is 5.73 Å². The quantitative estimate of drug-likeness (QED) is 0.726. The normalized spacial score (nSPS) is 15.5. The number of nitrogen functional groups attached to an aromatic ring is 1. The van der Waals surface area contributed by atoms with Crippen LogP contribution in [0.5, 0.6) is 0 Å². The molecule has 78 valence electrons. The lowest BCUT2D eigenvalue weighted by Gasteiger charge is -2.33. The van der Waals surface area contributed by atoms with Crippen LogP contribution < -0.4 is 5.73 Å². The van der Waals surface area contributed by atoms with Gasteiger partial charge in [-0.25, -0.2) is 0 Å². The summed E-state index contributed by atoms with van der Waals surface area (Å²) < 4.78 is 0. The highest BCUT2D eigenvalue weighted by atomic mass is 14.5. The third-order valence-corrected chi connectivity index (χ3v) is 3.58. The van der Waals surface area contributed by atoms with Gasteiger partial charge >= 0.3 is 0 Å². The monoisotopic (exact) mass is 191 g/mol. The van der Waals surface area contributed by atoms with Crippen molar-refractivity contribution in [2.75, 3.05) is 5.73 Å². The number of nitrogens with two attached hydrogens (primary N) is 1. The average molecular weight is 191 g/mol. The fraction of sp³-hybridized carbons (Fsp3) is 0.538. The van der Waals surface area contributed by atoms with Crippen molar-refractivity contribution in [1.29, 1.82) is 0 Å². The molecule has 1 aromatic rings. The Morgan fingerprint density at radius 3 is 2.07 bits per heavy atom. The molecule has 1 rings (SSSR count). The summed E-state index contributed by atoms with van der Waals surface area (Å²) in [7, 11) is 0. The minimum Gasteiger partial charge on any atom is -0.399 e. The molecule has 0 aliphatic rings. The fourth-order valence-electron chi connectivity index (χ4n) is 1.81. The topological polar surface area (TPSA) is 26.0 Å². The lowest BCUT2D eigenvalue weighted by molar-refractivity contribution is 0.326. The molecule has 0 amide bonds. The van der Waals surface area contributed by atoms with Gasteiger partial charge in [-0.1, -0.05) is 39.8 Å². The van der Waals surface area contributed by atoms with E-state index in [0.717, 1.165) is 12.1 Å². The minimum absolute atomic E-state index is 0.272. The average Bonchev–Trinajstić information content (AvgIpc) is 2.17. The van der Waals surface area contributed by atoms with Gasteiger partial charge in [0.1, 0.15) is 0 Å². The molecule has 0 aromatic heterocycles. The van der Waals surface area contributed by atoms with Crippen LogP contribution in [0.1, 0.15) is 39.7 Å². The molecule has 1 atom stereocenters. The van der Waals surface area contributed by atoms with Crippen LogP contribution in [0.2, 0.25) is 0 Å². The minimum atomic E-state index is 0.272. The number of anilines is 1. The van der Waals surface area contributed by atoms with Crippen molar-refractivity contribution >= 4 is 5.69 Å². The third-order valence-electron chi connectivity index (χ3n) is 3.58. The Hall–Kier alpha value is -0.980. The summed E-state index contributed by atoms with van der Waals surface area (Å²) in [5.74, 6) is 0.649. The summed E-state index contributed by atoms with van der Waals surface area (Å²) in [6.07, 6.45) is 1.16. The largest absolute Gasteiger partial charge is 0.399 e. The Labute approximate surface area is 87.3 Å². The highest BCUT2D eigenvalue weighted by Crippen LogP contribution is 2.35. The van der Waals surface area contributed by atoms with E-state index in [1.54, 1.807) is 0 Å². The third kappa shape index (κ3) is 1.92. The van der Waals surface area contributed by atoms with Gasteiger partial charge in [-0.05, 0) is 35.4 Å². The van der Waals surface area contributed by atoms with Crippen molar-refractivity contribution in [2.24, 2.45) is 5.92 Å². The van der Waals surface area contributed by atoms with Crippen LogP contribution in [-0.4, -0.2) is 0 Å². The second kappa shape index (κ2) is 4.04. The molecule has 0 spiro atoms. The lowest BCUT2D eigenvalue weighted by atomic mass is 9.71. The number of hydrogen-bond acceptors (Lipinski definition) is 1.